The average molecular weight is 321 g/mol. The van der Waals surface area contributed by atoms with Gasteiger partial charge in [0.15, 0.2) is 0 Å². The van der Waals surface area contributed by atoms with Crippen LogP contribution in [0, 0.1) is 12.7 Å². The van der Waals surface area contributed by atoms with E-state index in [4.69, 9.17) is 11.6 Å². The molecule has 22 heavy (non-hydrogen) atoms. The van der Waals surface area contributed by atoms with Crippen LogP contribution >= 0.6 is 11.6 Å². The van der Waals surface area contributed by atoms with Crippen molar-refractivity contribution in [2.75, 3.05) is 18.9 Å². The molecule has 0 bridgehead atoms. The summed E-state index contributed by atoms with van der Waals surface area (Å²) in [7, 11) is 1.84. The van der Waals surface area contributed by atoms with E-state index < -0.39 is 0 Å². The van der Waals surface area contributed by atoms with Crippen LogP contribution in [0.25, 0.3) is 0 Å². The lowest BCUT2D eigenvalue weighted by Crippen LogP contribution is -2.30. The van der Waals surface area contributed by atoms with Gasteiger partial charge in [-0.15, -0.1) is 0 Å². The average Bonchev–Trinajstić information content (AvgIpc) is 2.46. The minimum atomic E-state index is -0.263. The van der Waals surface area contributed by atoms with Gasteiger partial charge in [0.1, 0.15) is 5.82 Å². The second-order valence-electron chi connectivity index (χ2n) is 5.26. The molecule has 0 spiro atoms. The number of amides is 1. The van der Waals surface area contributed by atoms with Gasteiger partial charge in [-0.2, -0.15) is 0 Å². The van der Waals surface area contributed by atoms with Crippen LogP contribution < -0.4 is 5.32 Å². The molecule has 0 aliphatic carbocycles. The Labute approximate surface area is 134 Å². The van der Waals surface area contributed by atoms with Gasteiger partial charge in [-0.05, 0) is 49.4 Å². The fourth-order valence-corrected chi connectivity index (χ4v) is 2.31. The first-order valence-electron chi connectivity index (χ1n) is 6.93. The summed E-state index contributed by atoms with van der Waals surface area (Å²) >= 11 is 6.03. The summed E-state index contributed by atoms with van der Waals surface area (Å²) in [6, 6.07) is 11.7. The molecule has 0 atom stereocenters. The lowest BCUT2D eigenvalue weighted by atomic mass is 10.2. The Kier molecular flexibility index (Phi) is 5.52. The molecule has 0 unspecified atom stereocenters. The smallest absolute Gasteiger partial charge is 0.238 e. The zero-order chi connectivity index (χ0) is 16.1. The maximum Gasteiger partial charge on any atom is 0.238 e. The van der Waals surface area contributed by atoms with Gasteiger partial charge in [0.05, 0.1) is 6.54 Å². The summed E-state index contributed by atoms with van der Waals surface area (Å²) in [6.45, 7) is 2.67. The van der Waals surface area contributed by atoms with Crippen LogP contribution in [0.5, 0.6) is 0 Å². The van der Waals surface area contributed by atoms with Crippen LogP contribution in [0.1, 0.15) is 11.1 Å². The van der Waals surface area contributed by atoms with E-state index in [0.717, 1.165) is 11.1 Å². The van der Waals surface area contributed by atoms with Crippen LogP contribution in [-0.4, -0.2) is 24.4 Å². The summed E-state index contributed by atoms with van der Waals surface area (Å²) in [5, 5.41) is 3.47. The van der Waals surface area contributed by atoms with Crippen LogP contribution in [0.2, 0.25) is 5.02 Å². The quantitative estimate of drug-likeness (QED) is 0.907. The van der Waals surface area contributed by atoms with Gasteiger partial charge in [0.25, 0.3) is 0 Å². The predicted molar refractivity (Wildman–Crippen MR) is 87.6 cm³/mol. The Morgan fingerprint density at radius 3 is 2.59 bits per heavy atom. The summed E-state index contributed by atoms with van der Waals surface area (Å²) in [5.74, 6) is -0.379. The van der Waals surface area contributed by atoms with Gasteiger partial charge >= 0.3 is 0 Å². The van der Waals surface area contributed by atoms with Gasteiger partial charge < -0.3 is 5.32 Å². The summed E-state index contributed by atoms with van der Waals surface area (Å²) in [6.07, 6.45) is 0. The monoisotopic (exact) mass is 320 g/mol. The first-order valence-corrected chi connectivity index (χ1v) is 7.31. The van der Waals surface area contributed by atoms with Crippen molar-refractivity contribution in [1.82, 2.24) is 4.90 Å². The second kappa shape index (κ2) is 7.38. The second-order valence-corrected chi connectivity index (χ2v) is 5.67. The highest BCUT2D eigenvalue weighted by Gasteiger charge is 2.10. The van der Waals surface area contributed by atoms with Gasteiger partial charge in [-0.1, -0.05) is 29.8 Å². The Morgan fingerprint density at radius 1 is 1.23 bits per heavy atom. The van der Waals surface area contributed by atoms with Crippen molar-refractivity contribution in [3.8, 4) is 0 Å². The Bertz CT molecular complexity index is 658. The van der Waals surface area contributed by atoms with E-state index >= 15 is 0 Å². The molecule has 0 aliphatic heterocycles. The number of halogens is 2. The van der Waals surface area contributed by atoms with Crippen LogP contribution in [-0.2, 0) is 11.3 Å². The number of carbonyl (C=O) groups excluding carboxylic acids is 1. The van der Waals surface area contributed by atoms with Crippen molar-refractivity contribution < 1.29 is 9.18 Å². The van der Waals surface area contributed by atoms with E-state index in [-0.39, 0.29) is 18.3 Å². The number of hydrogen-bond donors (Lipinski definition) is 1. The fraction of sp³-hybridized carbons (Fsp3) is 0.235. The minimum absolute atomic E-state index is 0.116. The van der Waals surface area contributed by atoms with Crippen molar-refractivity contribution >= 4 is 23.2 Å². The third-order valence-corrected chi connectivity index (χ3v) is 3.73. The number of nitrogens with zero attached hydrogens (tertiary/aromatic N) is 1. The third-order valence-electron chi connectivity index (χ3n) is 3.32. The summed E-state index contributed by atoms with van der Waals surface area (Å²) < 4.78 is 12.9. The summed E-state index contributed by atoms with van der Waals surface area (Å²) in [5.41, 5.74) is 2.52. The highest BCUT2D eigenvalue weighted by molar-refractivity contribution is 6.31. The van der Waals surface area contributed by atoms with Crippen LogP contribution in [0.15, 0.2) is 42.5 Å². The SMILES string of the molecule is Cc1c(Cl)cccc1NC(=O)CN(C)Cc1ccc(F)cc1. The third kappa shape index (κ3) is 4.55. The maximum atomic E-state index is 12.9. The number of benzene rings is 2. The molecular formula is C17H18ClFN2O. The van der Waals surface area contributed by atoms with Crippen molar-refractivity contribution in [2.45, 2.75) is 13.5 Å². The molecule has 3 nitrogen and oxygen atoms in total. The number of likely N-dealkylation sites (N-methyl/N-ethyl adjacent to an activating group) is 1. The highest BCUT2D eigenvalue weighted by atomic mass is 35.5. The van der Waals surface area contributed by atoms with Gasteiger partial charge in [0.2, 0.25) is 5.91 Å². The molecule has 2 aromatic carbocycles. The molecule has 0 saturated heterocycles. The lowest BCUT2D eigenvalue weighted by Gasteiger charge is -2.17. The predicted octanol–water partition coefficient (Wildman–Crippen LogP) is 3.86. The number of nitrogens with one attached hydrogen (secondary N) is 1. The molecule has 116 valence electrons. The fourth-order valence-electron chi connectivity index (χ4n) is 2.14. The van der Waals surface area contributed by atoms with Crippen molar-refractivity contribution in [2.24, 2.45) is 0 Å². The normalized spacial score (nSPS) is 10.8. The number of carbonyl (C=O) groups is 1. The van der Waals surface area contributed by atoms with Gasteiger partial charge in [-0.3, -0.25) is 9.69 Å². The molecule has 5 heteroatoms. The van der Waals surface area contributed by atoms with Crippen molar-refractivity contribution in [3.05, 3.63) is 64.4 Å². The summed E-state index contributed by atoms with van der Waals surface area (Å²) in [4.78, 5) is 13.9. The van der Waals surface area contributed by atoms with Crippen LogP contribution in [0.3, 0.4) is 0 Å². The zero-order valence-electron chi connectivity index (χ0n) is 12.6. The highest BCUT2D eigenvalue weighted by Crippen LogP contribution is 2.22. The zero-order valence-corrected chi connectivity index (χ0v) is 13.3. The molecule has 0 saturated carbocycles. The molecule has 2 rings (SSSR count). The van der Waals surface area contributed by atoms with Gasteiger partial charge in [-0.25, -0.2) is 4.39 Å². The molecule has 0 aliphatic rings. The number of hydrogen-bond acceptors (Lipinski definition) is 2. The molecule has 0 radical (unpaired) electrons. The Morgan fingerprint density at radius 2 is 1.91 bits per heavy atom. The van der Waals surface area contributed by atoms with Crippen molar-refractivity contribution in [1.29, 1.82) is 0 Å². The first kappa shape index (κ1) is 16.5. The molecule has 0 fully saturated rings. The Hall–Kier alpha value is -1.91. The molecule has 0 aromatic heterocycles. The maximum absolute atomic E-state index is 12.9. The Balaban J connectivity index is 1.91. The molecule has 1 amide bonds. The minimum Gasteiger partial charge on any atom is -0.325 e. The molecule has 2 aromatic rings. The standard InChI is InChI=1S/C17H18ClFN2O/c1-12-15(18)4-3-5-16(12)20-17(22)11-21(2)10-13-6-8-14(19)9-7-13/h3-9H,10-11H2,1-2H3,(H,20,22). The van der Waals surface area contributed by atoms with Crippen LogP contribution in [0.4, 0.5) is 10.1 Å². The van der Waals surface area contributed by atoms with E-state index in [1.807, 2.05) is 24.9 Å². The van der Waals surface area contributed by atoms with E-state index in [9.17, 15) is 9.18 Å². The first-order chi connectivity index (χ1) is 10.5. The topological polar surface area (TPSA) is 32.3 Å². The largest absolute Gasteiger partial charge is 0.325 e. The van der Waals surface area contributed by atoms with E-state index in [0.29, 0.717) is 17.3 Å². The lowest BCUT2D eigenvalue weighted by molar-refractivity contribution is -0.117. The van der Waals surface area contributed by atoms with E-state index in [1.165, 1.54) is 12.1 Å². The van der Waals surface area contributed by atoms with Crippen molar-refractivity contribution in [3.63, 3.8) is 0 Å². The molecule has 0 heterocycles. The molecular weight excluding hydrogens is 303 g/mol. The van der Waals surface area contributed by atoms with E-state index in [2.05, 4.69) is 5.32 Å². The molecule has 1 N–H and O–H groups in total. The van der Waals surface area contributed by atoms with E-state index in [1.54, 1.807) is 24.3 Å². The van der Waals surface area contributed by atoms with Gasteiger partial charge in [0, 0.05) is 17.3 Å². The number of anilines is 1. The number of rotatable bonds is 5.